The van der Waals surface area contributed by atoms with Crippen LogP contribution in [-0.2, 0) is 14.3 Å². The molecular weight excluding hydrogens is 246 g/mol. The molecule has 5 nitrogen and oxygen atoms in total. The lowest BCUT2D eigenvalue weighted by Gasteiger charge is -2.31. The quantitative estimate of drug-likeness (QED) is 0.784. The Morgan fingerprint density at radius 3 is 2.26 bits per heavy atom. The summed E-state index contributed by atoms with van der Waals surface area (Å²) in [4.78, 5) is 25.2. The minimum absolute atomic E-state index is 0.00208. The molecule has 1 aliphatic rings. The number of carbonyl (C=O) groups is 2. The van der Waals surface area contributed by atoms with Crippen LogP contribution in [0.25, 0.3) is 0 Å². The molecule has 0 aliphatic carbocycles. The number of esters is 1. The molecule has 1 amide bonds. The molecule has 0 bridgehead atoms. The standard InChI is InChI=1S/C14H25NO4/c1-14(2,3)19-13(18)5-4-12(17)15-8-6-11(10-16)7-9-15/h11,16H,4-10H2,1-3H3. The van der Waals surface area contributed by atoms with Crippen LogP contribution < -0.4 is 0 Å². The number of amides is 1. The third kappa shape index (κ3) is 6.05. The predicted molar refractivity (Wildman–Crippen MR) is 71.5 cm³/mol. The van der Waals surface area contributed by atoms with Crippen LogP contribution in [0.3, 0.4) is 0 Å². The topological polar surface area (TPSA) is 66.8 Å². The fraction of sp³-hybridized carbons (Fsp3) is 0.857. The van der Waals surface area contributed by atoms with E-state index in [1.807, 2.05) is 20.8 Å². The number of hydrogen-bond donors (Lipinski definition) is 1. The van der Waals surface area contributed by atoms with Gasteiger partial charge < -0.3 is 14.7 Å². The number of nitrogens with zero attached hydrogens (tertiary/aromatic N) is 1. The van der Waals surface area contributed by atoms with Crippen LogP contribution in [0.2, 0.25) is 0 Å². The second-order valence-corrected chi connectivity index (χ2v) is 6.09. The molecule has 0 unspecified atom stereocenters. The fourth-order valence-corrected chi connectivity index (χ4v) is 2.12. The molecule has 1 rings (SSSR count). The van der Waals surface area contributed by atoms with E-state index in [0.717, 1.165) is 12.8 Å². The summed E-state index contributed by atoms with van der Waals surface area (Å²) in [6.45, 7) is 6.99. The van der Waals surface area contributed by atoms with Crippen LogP contribution in [0.15, 0.2) is 0 Å². The predicted octanol–water partition coefficient (Wildman–Crippen LogP) is 1.34. The molecule has 0 atom stereocenters. The Kier molecular flexibility index (Phi) is 5.79. The van der Waals surface area contributed by atoms with Crippen molar-refractivity contribution in [2.75, 3.05) is 19.7 Å². The van der Waals surface area contributed by atoms with Crippen molar-refractivity contribution < 1.29 is 19.4 Å². The van der Waals surface area contributed by atoms with Gasteiger partial charge in [-0.1, -0.05) is 0 Å². The van der Waals surface area contributed by atoms with E-state index in [1.54, 1.807) is 4.90 Å². The Morgan fingerprint density at radius 1 is 1.21 bits per heavy atom. The molecule has 1 aliphatic heterocycles. The minimum Gasteiger partial charge on any atom is -0.460 e. The molecule has 110 valence electrons. The summed E-state index contributed by atoms with van der Waals surface area (Å²) in [6.07, 6.45) is 2.03. The van der Waals surface area contributed by atoms with Crippen molar-refractivity contribution in [2.24, 2.45) is 5.92 Å². The van der Waals surface area contributed by atoms with Crippen LogP contribution >= 0.6 is 0 Å². The molecule has 1 saturated heterocycles. The lowest BCUT2D eigenvalue weighted by molar-refractivity contribution is -0.156. The molecule has 0 aromatic heterocycles. The van der Waals surface area contributed by atoms with Gasteiger partial charge in [-0.15, -0.1) is 0 Å². The average Bonchev–Trinajstić information content (AvgIpc) is 2.34. The molecule has 19 heavy (non-hydrogen) atoms. The van der Waals surface area contributed by atoms with E-state index in [2.05, 4.69) is 0 Å². The third-order valence-electron chi connectivity index (χ3n) is 3.19. The van der Waals surface area contributed by atoms with E-state index in [-0.39, 0.29) is 31.3 Å². The van der Waals surface area contributed by atoms with E-state index in [4.69, 9.17) is 9.84 Å². The highest BCUT2D eigenvalue weighted by atomic mass is 16.6. The normalized spacial score (nSPS) is 17.4. The van der Waals surface area contributed by atoms with E-state index in [0.29, 0.717) is 19.0 Å². The zero-order valence-corrected chi connectivity index (χ0v) is 12.1. The Hall–Kier alpha value is -1.10. The van der Waals surface area contributed by atoms with Gasteiger partial charge in [0.05, 0.1) is 6.42 Å². The highest BCUT2D eigenvalue weighted by molar-refractivity contribution is 5.81. The van der Waals surface area contributed by atoms with Gasteiger partial charge in [0.1, 0.15) is 5.60 Å². The molecule has 0 saturated carbocycles. The summed E-state index contributed by atoms with van der Waals surface area (Å²) in [5.74, 6) is -0.0109. The lowest BCUT2D eigenvalue weighted by Crippen LogP contribution is -2.39. The molecular formula is C14H25NO4. The summed E-state index contributed by atoms with van der Waals surface area (Å²) in [5, 5.41) is 9.04. The molecule has 0 aromatic carbocycles. The van der Waals surface area contributed by atoms with E-state index < -0.39 is 5.60 Å². The Bertz CT molecular complexity index is 314. The van der Waals surface area contributed by atoms with Crippen molar-refractivity contribution in [1.82, 2.24) is 4.90 Å². The van der Waals surface area contributed by atoms with Crippen molar-refractivity contribution in [3.63, 3.8) is 0 Å². The number of likely N-dealkylation sites (tertiary alicyclic amines) is 1. The van der Waals surface area contributed by atoms with Crippen LogP contribution in [0.5, 0.6) is 0 Å². The van der Waals surface area contributed by atoms with E-state index in [9.17, 15) is 9.59 Å². The number of carbonyl (C=O) groups excluding carboxylic acids is 2. The van der Waals surface area contributed by atoms with Gasteiger partial charge in [0.15, 0.2) is 0 Å². The molecule has 0 spiro atoms. The highest BCUT2D eigenvalue weighted by Crippen LogP contribution is 2.17. The molecule has 0 aromatic rings. The average molecular weight is 271 g/mol. The summed E-state index contributed by atoms with van der Waals surface area (Å²) >= 11 is 0. The number of aliphatic hydroxyl groups is 1. The second kappa shape index (κ2) is 6.89. The number of piperidine rings is 1. The first-order valence-corrected chi connectivity index (χ1v) is 6.92. The van der Waals surface area contributed by atoms with Crippen LogP contribution in [0.4, 0.5) is 0 Å². The van der Waals surface area contributed by atoms with Crippen LogP contribution in [-0.4, -0.2) is 47.2 Å². The van der Waals surface area contributed by atoms with Crippen molar-refractivity contribution in [1.29, 1.82) is 0 Å². The van der Waals surface area contributed by atoms with Gasteiger partial charge in [0.2, 0.25) is 5.91 Å². The molecule has 1 N–H and O–H groups in total. The first kappa shape index (κ1) is 16.0. The van der Waals surface area contributed by atoms with Gasteiger partial charge in [-0.2, -0.15) is 0 Å². The second-order valence-electron chi connectivity index (χ2n) is 6.09. The van der Waals surface area contributed by atoms with Gasteiger partial charge in [0.25, 0.3) is 0 Å². The first-order chi connectivity index (χ1) is 8.81. The van der Waals surface area contributed by atoms with Crippen molar-refractivity contribution in [2.45, 2.75) is 52.1 Å². The number of rotatable bonds is 4. The van der Waals surface area contributed by atoms with Gasteiger partial charge in [-0.3, -0.25) is 9.59 Å². The van der Waals surface area contributed by atoms with Gasteiger partial charge in [-0.25, -0.2) is 0 Å². The summed E-state index contributed by atoms with van der Waals surface area (Å²) in [5.41, 5.74) is -0.500. The largest absolute Gasteiger partial charge is 0.460 e. The fourth-order valence-electron chi connectivity index (χ4n) is 2.12. The molecule has 0 radical (unpaired) electrons. The summed E-state index contributed by atoms with van der Waals surface area (Å²) in [7, 11) is 0. The smallest absolute Gasteiger partial charge is 0.306 e. The molecule has 1 fully saturated rings. The summed E-state index contributed by atoms with van der Waals surface area (Å²) in [6, 6.07) is 0. The van der Waals surface area contributed by atoms with Gasteiger partial charge in [0, 0.05) is 26.1 Å². The number of aliphatic hydroxyl groups excluding tert-OH is 1. The lowest BCUT2D eigenvalue weighted by atomic mass is 9.97. The Balaban J connectivity index is 2.27. The van der Waals surface area contributed by atoms with Crippen LogP contribution in [0, 0.1) is 5.92 Å². The Labute approximate surface area is 114 Å². The van der Waals surface area contributed by atoms with E-state index >= 15 is 0 Å². The number of hydrogen-bond acceptors (Lipinski definition) is 4. The maximum absolute atomic E-state index is 11.9. The van der Waals surface area contributed by atoms with Gasteiger partial charge in [-0.05, 0) is 39.5 Å². The third-order valence-corrected chi connectivity index (χ3v) is 3.19. The zero-order chi connectivity index (χ0) is 14.5. The van der Waals surface area contributed by atoms with Gasteiger partial charge >= 0.3 is 5.97 Å². The monoisotopic (exact) mass is 271 g/mol. The van der Waals surface area contributed by atoms with E-state index in [1.165, 1.54) is 0 Å². The van der Waals surface area contributed by atoms with Crippen LogP contribution in [0.1, 0.15) is 46.5 Å². The first-order valence-electron chi connectivity index (χ1n) is 6.92. The summed E-state index contributed by atoms with van der Waals surface area (Å²) < 4.78 is 5.17. The van der Waals surface area contributed by atoms with Crippen molar-refractivity contribution in [3.8, 4) is 0 Å². The number of ether oxygens (including phenoxy) is 1. The van der Waals surface area contributed by atoms with Crippen molar-refractivity contribution >= 4 is 11.9 Å². The maximum atomic E-state index is 11.9. The minimum atomic E-state index is -0.500. The maximum Gasteiger partial charge on any atom is 0.306 e. The molecule has 5 heteroatoms. The zero-order valence-electron chi connectivity index (χ0n) is 12.1. The highest BCUT2D eigenvalue weighted by Gasteiger charge is 2.23. The SMILES string of the molecule is CC(C)(C)OC(=O)CCC(=O)N1CCC(CO)CC1. The Morgan fingerprint density at radius 2 is 1.79 bits per heavy atom. The molecule has 1 heterocycles. The van der Waals surface area contributed by atoms with Crippen molar-refractivity contribution in [3.05, 3.63) is 0 Å².